The molecular formula is C28H31ClFN3O3. The number of fused-ring (bicyclic) bond motifs is 1. The predicted octanol–water partition coefficient (Wildman–Crippen LogP) is 5.64. The molecule has 2 aliphatic carbocycles. The van der Waals surface area contributed by atoms with Crippen LogP contribution in [0.25, 0.3) is 22.0 Å². The average molecular weight is 512 g/mol. The minimum atomic E-state index is -0.792. The fourth-order valence-electron chi connectivity index (χ4n) is 5.26. The van der Waals surface area contributed by atoms with Gasteiger partial charge < -0.3 is 20.4 Å². The zero-order chi connectivity index (χ0) is 25.6. The molecule has 190 valence electrons. The lowest BCUT2D eigenvalue weighted by Gasteiger charge is -2.38. The third kappa shape index (κ3) is 5.05. The van der Waals surface area contributed by atoms with E-state index >= 15 is 0 Å². The number of aliphatic hydroxyl groups is 1. The Kier molecular flexibility index (Phi) is 6.66. The summed E-state index contributed by atoms with van der Waals surface area (Å²) in [7, 11) is 3.93. The number of carbonyl (C=O) groups is 1. The van der Waals surface area contributed by atoms with Gasteiger partial charge in [-0.25, -0.2) is 4.39 Å². The van der Waals surface area contributed by atoms with E-state index in [4.69, 9.17) is 11.6 Å². The van der Waals surface area contributed by atoms with Gasteiger partial charge in [0.2, 0.25) is 0 Å². The van der Waals surface area contributed by atoms with Gasteiger partial charge in [-0.1, -0.05) is 17.7 Å². The van der Waals surface area contributed by atoms with E-state index in [1.54, 1.807) is 6.20 Å². The van der Waals surface area contributed by atoms with Gasteiger partial charge in [0.05, 0.1) is 27.4 Å². The van der Waals surface area contributed by atoms with Gasteiger partial charge in [0.25, 0.3) is 0 Å². The molecule has 2 fully saturated rings. The maximum atomic E-state index is 14.2. The molecule has 2 saturated carbocycles. The number of likely N-dealkylation sites (N-methyl/N-ethyl adjacent to an activating group) is 1. The highest BCUT2D eigenvalue weighted by atomic mass is 35.5. The lowest BCUT2D eigenvalue weighted by Crippen LogP contribution is -2.45. The molecule has 0 bridgehead atoms. The molecular weight excluding hydrogens is 481 g/mol. The van der Waals surface area contributed by atoms with Crippen LogP contribution < -0.4 is 5.32 Å². The lowest BCUT2D eigenvalue weighted by molar-refractivity contribution is -0.0183. The number of aromatic nitrogens is 1. The van der Waals surface area contributed by atoms with Crippen LogP contribution in [-0.4, -0.2) is 58.2 Å². The van der Waals surface area contributed by atoms with Crippen molar-refractivity contribution < 1.29 is 19.4 Å². The Morgan fingerprint density at radius 1 is 1.17 bits per heavy atom. The summed E-state index contributed by atoms with van der Waals surface area (Å²) in [5.41, 5.74) is 2.56. The van der Waals surface area contributed by atoms with Gasteiger partial charge in [-0.05, 0) is 88.0 Å². The van der Waals surface area contributed by atoms with Crippen molar-refractivity contribution in [1.29, 1.82) is 0 Å². The van der Waals surface area contributed by atoms with Gasteiger partial charge >= 0.3 is 0 Å². The van der Waals surface area contributed by atoms with Crippen LogP contribution in [0.2, 0.25) is 5.02 Å². The van der Waals surface area contributed by atoms with E-state index in [1.807, 2.05) is 37.2 Å². The number of benzene rings is 2. The molecule has 1 aromatic heterocycles. The second-order valence-corrected chi connectivity index (χ2v) is 11.0. The largest absolute Gasteiger partial charge is 0.504 e. The van der Waals surface area contributed by atoms with Crippen molar-refractivity contribution in [3.8, 4) is 16.9 Å². The molecule has 0 amide bonds. The smallest absolute Gasteiger partial charge is 0.170 e. The van der Waals surface area contributed by atoms with Crippen molar-refractivity contribution in [2.75, 3.05) is 26.0 Å². The molecule has 36 heavy (non-hydrogen) atoms. The molecule has 1 heterocycles. The first-order valence-corrected chi connectivity index (χ1v) is 12.8. The zero-order valence-corrected chi connectivity index (χ0v) is 21.3. The summed E-state index contributed by atoms with van der Waals surface area (Å²) in [4.78, 5) is 19.8. The summed E-state index contributed by atoms with van der Waals surface area (Å²) in [6, 6.07) is 8.43. The molecule has 8 heteroatoms. The van der Waals surface area contributed by atoms with Crippen LogP contribution in [0, 0.1) is 11.7 Å². The Morgan fingerprint density at radius 2 is 1.89 bits per heavy atom. The number of Topliss-reactive ketones (excluding diaryl/α,β-unsaturated/α-hetero) is 1. The maximum absolute atomic E-state index is 14.2. The van der Waals surface area contributed by atoms with Crippen molar-refractivity contribution in [2.24, 2.45) is 5.92 Å². The number of phenolic OH excluding ortho intramolecular Hbond substituents is 1. The summed E-state index contributed by atoms with van der Waals surface area (Å²) in [5, 5.41) is 25.0. The molecule has 0 spiro atoms. The monoisotopic (exact) mass is 511 g/mol. The van der Waals surface area contributed by atoms with E-state index in [9.17, 15) is 19.4 Å². The summed E-state index contributed by atoms with van der Waals surface area (Å²) >= 11 is 6.03. The summed E-state index contributed by atoms with van der Waals surface area (Å²) in [6.45, 7) is 0.623. The lowest BCUT2D eigenvalue weighted by atomic mass is 9.81. The zero-order valence-electron chi connectivity index (χ0n) is 20.5. The first-order chi connectivity index (χ1) is 17.1. The Morgan fingerprint density at radius 3 is 2.53 bits per heavy atom. The third-order valence-corrected chi connectivity index (χ3v) is 7.60. The van der Waals surface area contributed by atoms with E-state index < -0.39 is 17.2 Å². The van der Waals surface area contributed by atoms with Crippen LogP contribution >= 0.6 is 11.6 Å². The number of ketones is 1. The van der Waals surface area contributed by atoms with Gasteiger partial charge in [0, 0.05) is 30.1 Å². The molecule has 5 rings (SSSR count). The molecule has 2 aromatic carbocycles. The van der Waals surface area contributed by atoms with Crippen molar-refractivity contribution in [3.05, 3.63) is 52.9 Å². The van der Waals surface area contributed by atoms with E-state index in [0.717, 1.165) is 42.3 Å². The Bertz CT molecular complexity index is 1290. The number of hydrogen-bond acceptors (Lipinski definition) is 6. The number of phenols is 1. The number of anilines is 1. The molecule has 3 aromatic rings. The predicted molar refractivity (Wildman–Crippen MR) is 140 cm³/mol. The fraction of sp³-hybridized carbons (Fsp3) is 0.429. The third-order valence-electron chi connectivity index (χ3n) is 7.31. The number of nitrogens with zero attached hydrogens (tertiary/aromatic N) is 2. The number of carbonyl (C=O) groups excluding carboxylic acids is 1. The summed E-state index contributed by atoms with van der Waals surface area (Å²) < 4.78 is 14.2. The van der Waals surface area contributed by atoms with Crippen molar-refractivity contribution in [2.45, 2.75) is 50.2 Å². The maximum Gasteiger partial charge on any atom is 0.170 e. The van der Waals surface area contributed by atoms with Gasteiger partial charge in [-0.3, -0.25) is 9.78 Å². The van der Waals surface area contributed by atoms with Crippen LogP contribution in [-0.2, 0) is 0 Å². The molecule has 0 radical (unpaired) electrons. The molecule has 3 N–H and O–H groups in total. The van der Waals surface area contributed by atoms with Crippen LogP contribution in [0.15, 0.2) is 36.5 Å². The number of aromatic hydroxyl groups is 1. The minimum absolute atomic E-state index is 0.0366. The first kappa shape index (κ1) is 24.9. The minimum Gasteiger partial charge on any atom is -0.504 e. The molecule has 0 saturated heterocycles. The van der Waals surface area contributed by atoms with Gasteiger partial charge in [0.1, 0.15) is 0 Å². The highest BCUT2D eigenvalue weighted by Crippen LogP contribution is 2.40. The van der Waals surface area contributed by atoms with Crippen molar-refractivity contribution in [3.63, 3.8) is 0 Å². The van der Waals surface area contributed by atoms with Crippen LogP contribution in [0.4, 0.5) is 10.1 Å². The highest BCUT2D eigenvalue weighted by molar-refractivity contribution is 6.32. The van der Waals surface area contributed by atoms with E-state index in [1.165, 1.54) is 12.1 Å². The Balaban J connectivity index is 1.53. The molecule has 0 unspecified atom stereocenters. The standard InChI is InChI=1S/C28H31ClFN3O3/c1-33(2)15-28(36)9-7-19(8-10-28)32-25-20-11-17(18-12-22(29)27(35)23(30)13-18)5-6-24(20)31-14-21(25)26(34)16-3-4-16/h5-6,11-14,16,19,35-36H,3-4,7-10,15H2,1-2H3,(H,31,32)/t19-,28-. The van der Waals surface area contributed by atoms with Crippen molar-refractivity contribution in [1.82, 2.24) is 9.88 Å². The van der Waals surface area contributed by atoms with Gasteiger partial charge in [-0.15, -0.1) is 0 Å². The highest BCUT2D eigenvalue weighted by Gasteiger charge is 2.36. The van der Waals surface area contributed by atoms with E-state index in [2.05, 4.69) is 10.3 Å². The summed E-state index contributed by atoms with van der Waals surface area (Å²) in [5.74, 6) is -1.24. The second kappa shape index (κ2) is 9.61. The second-order valence-electron chi connectivity index (χ2n) is 10.6. The Hall–Kier alpha value is -2.74. The van der Waals surface area contributed by atoms with E-state index in [0.29, 0.717) is 36.1 Å². The number of pyridine rings is 1. The van der Waals surface area contributed by atoms with Crippen LogP contribution in [0.3, 0.4) is 0 Å². The quantitative estimate of drug-likeness (QED) is 0.356. The molecule has 0 aliphatic heterocycles. The van der Waals surface area contributed by atoms with Crippen LogP contribution in [0.5, 0.6) is 5.75 Å². The van der Waals surface area contributed by atoms with E-state index in [-0.39, 0.29) is 22.8 Å². The number of nitrogens with one attached hydrogen (secondary N) is 1. The average Bonchev–Trinajstić information content (AvgIpc) is 3.68. The summed E-state index contributed by atoms with van der Waals surface area (Å²) in [6.07, 6.45) is 6.36. The van der Waals surface area contributed by atoms with Crippen LogP contribution in [0.1, 0.15) is 48.9 Å². The Labute approximate surface area is 215 Å². The SMILES string of the molecule is CN(C)C[C@]1(O)CC[C@H](Nc2c(C(=O)C3CC3)cnc3ccc(-c4cc(F)c(O)c(Cl)c4)cc23)CC1. The number of halogens is 2. The van der Waals surface area contributed by atoms with Gasteiger partial charge in [0.15, 0.2) is 17.3 Å². The molecule has 2 aliphatic rings. The van der Waals surface area contributed by atoms with Gasteiger partial charge in [-0.2, -0.15) is 0 Å². The molecule has 6 nitrogen and oxygen atoms in total. The normalized spacial score (nSPS) is 22.2. The number of rotatable bonds is 7. The fourth-order valence-corrected chi connectivity index (χ4v) is 5.47. The molecule has 0 atom stereocenters. The topological polar surface area (TPSA) is 85.7 Å². The van der Waals surface area contributed by atoms with Crippen molar-refractivity contribution >= 4 is 34.0 Å². The first-order valence-electron chi connectivity index (χ1n) is 12.4. The number of hydrogen-bond donors (Lipinski definition) is 3.